The summed E-state index contributed by atoms with van der Waals surface area (Å²) < 4.78 is 0. The lowest BCUT2D eigenvalue weighted by atomic mass is 10.1. The number of aromatic nitrogens is 6. The van der Waals surface area contributed by atoms with Gasteiger partial charge in [0.05, 0.1) is 11.6 Å². The van der Waals surface area contributed by atoms with E-state index in [2.05, 4.69) is 40.3 Å². The number of nitrogens with one attached hydrogen (secondary N) is 2. The van der Waals surface area contributed by atoms with Gasteiger partial charge in [-0.1, -0.05) is 0 Å². The number of H-pyrrole nitrogens is 1. The van der Waals surface area contributed by atoms with Crippen molar-refractivity contribution in [2.45, 2.75) is 25.8 Å². The highest BCUT2D eigenvalue weighted by Crippen LogP contribution is 2.25. The Balaban J connectivity index is 1.54. The molecule has 8 nitrogen and oxygen atoms in total. The number of piperidine rings is 1. The monoisotopic (exact) mass is 310 g/mol. The Labute approximate surface area is 133 Å². The van der Waals surface area contributed by atoms with Crippen LogP contribution in [0.2, 0.25) is 0 Å². The molecule has 1 aliphatic rings. The summed E-state index contributed by atoms with van der Waals surface area (Å²) in [6.45, 7) is 3.80. The third kappa shape index (κ3) is 2.79. The average Bonchev–Trinajstić information content (AvgIpc) is 3.03. The van der Waals surface area contributed by atoms with Gasteiger partial charge in [-0.25, -0.2) is 19.9 Å². The summed E-state index contributed by atoms with van der Waals surface area (Å²) in [6, 6.07) is 2.19. The molecule has 23 heavy (non-hydrogen) atoms. The van der Waals surface area contributed by atoms with Crippen molar-refractivity contribution >= 4 is 22.8 Å². The predicted octanol–water partition coefficient (Wildman–Crippen LogP) is 1.53. The van der Waals surface area contributed by atoms with Crippen molar-refractivity contribution in [2.75, 3.05) is 23.3 Å². The Morgan fingerprint density at radius 3 is 3.17 bits per heavy atom. The van der Waals surface area contributed by atoms with Crippen LogP contribution in [0.5, 0.6) is 0 Å². The summed E-state index contributed by atoms with van der Waals surface area (Å²) in [4.78, 5) is 19.6. The zero-order chi connectivity index (χ0) is 15.6. The summed E-state index contributed by atoms with van der Waals surface area (Å²) >= 11 is 0. The van der Waals surface area contributed by atoms with E-state index in [0.717, 1.165) is 48.5 Å². The molecule has 1 fully saturated rings. The molecule has 4 heterocycles. The highest BCUT2D eigenvalue weighted by atomic mass is 15.2. The van der Waals surface area contributed by atoms with E-state index in [1.54, 1.807) is 18.7 Å². The van der Waals surface area contributed by atoms with E-state index in [1.165, 1.54) is 0 Å². The van der Waals surface area contributed by atoms with Crippen molar-refractivity contribution in [1.29, 1.82) is 0 Å². The van der Waals surface area contributed by atoms with Crippen LogP contribution < -0.4 is 10.2 Å². The fraction of sp³-hybridized carbons (Fsp3) is 0.400. The van der Waals surface area contributed by atoms with Crippen molar-refractivity contribution < 1.29 is 0 Å². The fourth-order valence-corrected chi connectivity index (χ4v) is 2.99. The van der Waals surface area contributed by atoms with Crippen molar-refractivity contribution in [3.05, 3.63) is 30.5 Å². The van der Waals surface area contributed by atoms with Crippen LogP contribution in [0.15, 0.2) is 24.8 Å². The Morgan fingerprint density at radius 1 is 1.30 bits per heavy atom. The van der Waals surface area contributed by atoms with Crippen molar-refractivity contribution in [1.82, 2.24) is 30.1 Å². The van der Waals surface area contributed by atoms with Crippen LogP contribution in [-0.2, 0) is 0 Å². The van der Waals surface area contributed by atoms with Crippen LogP contribution in [0.3, 0.4) is 0 Å². The summed E-state index contributed by atoms with van der Waals surface area (Å²) in [5.74, 6) is 1.62. The van der Waals surface area contributed by atoms with Crippen LogP contribution in [0.1, 0.15) is 18.5 Å². The third-order valence-electron chi connectivity index (χ3n) is 4.08. The number of aromatic amines is 1. The maximum Gasteiger partial charge on any atom is 0.223 e. The van der Waals surface area contributed by atoms with Crippen LogP contribution in [0.4, 0.5) is 11.8 Å². The van der Waals surface area contributed by atoms with Gasteiger partial charge in [-0.2, -0.15) is 5.10 Å². The summed E-state index contributed by atoms with van der Waals surface area (Å²) in [7, 11) is 0. The first kappa shape index (κ1) is 13.9. The number of aryl methyl sites for hydroxylation is 1. The molecule has 0 spiro atoms. The van der Waals surface area contributed by atoms with Crippen LogP contribution in [0.25, 0.3) is 11.0 Å². The molecular weight excluding hydrogens is 292 g/mol. The minimum Gasteiger partial charge on any atom is -0.354 e. The van der Waals surface area contributed by atoms with E-state index < -0.39 is 0 Å². The molecule has 0 aromatic carbocycles. The Kier molecular flexibility index (Phi) is 3.49. The lowest BCUT2D eigenvalue weighted by Crippen LogP contribution is -2.43. The zero-order valence-electron chi connectivity index (χ0n) is 12.9. The number of hydrogen-bond donors (Lipinski definition) is 2. The maximum absolute atomic E-state index is 4.45. The number of rotatable bonds is 3. The molecule has 0 saturated carbocycles. The zero-order valence-corrected chi connectivity index (χ0v) is 12.9. The van der Waals surface area contributed by atoms with Crippen LogP contribution in [0, 0.1) is 6.92 Å². The van der Waals surface area contributed by atoms with E-state index in [4.69, 9.17) is 0 Å². The Morgan fingerprint density at radius 2 is 2.26 bits per heavy atom. The summed E-state index contributed by atoms with van der Waals surface area (Å²) in [6.07, 6.45) is 7.33. The summed E-state index contributed by atoms with van der Waals surface area (Å²) in [5.41, 5.74) is 1.73. The van der Waals surface area contributed by atoms with E-state index >= 15 is 0 Å². The fourth-order valence-electron chi connectivity index (χ4n) is 2.99. The van der Waals surface area contributed by atoms with E-state index in [1.807, 2.05) is 13.0 Å². The first-order valence-electron chi connectivity index (χ1n) is 7.75. The van der Waals surface area contributed by atoms with Gasteiger partial charge in [-0.15, -0.1) is 0 Å². The van der Waals surface area contributed by atoms with Crippen LogP contribution >= 0.6 is 0 Å². The van der Waals surface area contributed by atoms with E-state index in [0.29, 0.717) is 12.0 Å². The summed E-state index contributed by atoms with van der Waals surface area (Å²) in [5, 5.41) is 11.3. The van der Waals surface area contributed by atoms with Crippen molar-refractivity contribution in [3.8, 4) is 0 Å². The molecule has 1 aliphatic heterocycles. The molecule has 0 radical (unpaired) electrons. The van der Waals surface area contributed by atoms with Crippen LogP contribution in [-0.4, -0.2) is 49.3 Å². The minimum atomic E-state index is 0.294. The van der Waals surface area contributed by atoms with Gasteiger partial charge in [0.15, 0.2) is 5.65 Å². The molecule has 3 aromatic heterocycles. The lowest BCUT2D eigenvalue weighted by molar-refractivity contribution is 0.525. The molecule has 8 heteroatoms. The molecule has 0 bridgehead atoms. The molecule has 2 N–H and O–H groups in total. The first-order chi connectivity index (χ1) is 11.3. The molecule has 4 rings (SSSR count). The Hall–Kier alpha value is -2.77. The Bertz CT molecular complexity index is 814. The number of nitrogens with zero attached hydrogens (tertiary/aromatic N) is 6. The average molecular weight is 310 g/mol. The minimum absolute atomic E-state index is 0.294. The highest BCUT2D eigenvalue weighted by molar-refractivity contribution is 5.86. The number of fused-ring (bicyclic) bond motifs is 1. The molecule has 1 saturated heterocycles. The number of hydrogen-bond acceptors (Lipinski definition) is 7. The molecule has 118 valence electrons. The van der Waals surface area contributed by atoms with Gasteiger partial charge in [0, 0.05) is 31.0 Å². The van der Waals surface area contributed by atoms with Gasteiger partial charge in [0.2, 0.25) is 5.95 Å². The second-order valence-electron chi connectivity index (χ2n) is 5.78. The van der Waals surface area contributed by atoms with Gasteiger partial charge in [-0.05, 0) is 25.8 Å². The highest BCUT2D eigenvalue weighted by Gasteiger charge is 2.23. The second-order valence-corrected chi connectivity index (χ2v) is 5.78. The molecule has 1 unspecified atom stereocenters. The smallest absolute Gasteiger partial charge is 0.223 e. The van der Waals surface area contributed by atoms with Gasteiger partial charge in [0.1, 0.15) is 12.1 Å². The quantitative estimate of drug-likeness (QED) is 0.757. The van der Waals surface area contributed by atoms with E-state index in [-0.39, 0.29) is 0 Å². The van der Waals surface area contributed by atoms with Gasteiger partial charge in [0.25, 0.3) is 0 Å². The molecule has 3 aromatic rings. The lowest BCUT2D eigenvalue weighted by Gasteiger charge is -2.34. The van der Waals surface area contributed by atoms with Gasteiger partial charge < -0.3 is 10.2 Å². The third-order valence-corrected chi connectivity index (χ3v) is 4.08. The molecular formula is C15H18N8. The standard InChI is InChI=1S/C15H18N8/c1-10-4-5-16-15(20-10)21-11-3-2-6-23(8-11)14-12-7-19-22-13(12)17-9-18-14/h4-5,7,9,11H,2-3,6,8H2,1H3,(H,16,20,21)(H,17,18,19,22). The normalized spacial score (nSPS) is 18.3. The predicted molar refractivity (Wildman–Crippen MR) is 87.3 cm³/mol. The molecule has 0 aliphatic carbocycles. The SMILES string of the molecule is Cc1ccnc(NC2CCCN(c3ncnc4[nH]ncc34)C2)n1. The van der Waals surface area contributed by atoms with Gasteiger partial charge >= 0.3 is 0 Å². The molecule has 0 amide bonds. The van der Waals surface area contributed by atoms with Crippen molar-refractivity contribution in [3.63, 3.8) is 0 Å². The maximum atomic E-state index is 4.45. The van der Waals surface area contributed by atoms with E-state index in [9.17, 15) is 0 Å². The largest absolute Gasteiger partial charge is 0.354 e. The van der Waals surface area contributed by atoms with Gasteiger partial charge in [-0.3, -0.25) is 5.10 Å². The first-order valence-corrected chi connectivity index (χ1v) is 7.75. The second kappa shape index (κ2) is 5.79. The molecule has 1 atom stereocenters. The van der Waals surface area contributed by atoms with Crippen molar-refractivity contribution in [2.24, 2.45) is 0 Å². The number of anilines is 2. The topological polar surface area (TPSA) is 95.5 Å².